The summed E-state index contributed by atoms with van der Waals surface area (Å²) < 4.78 is 5.76. The molecule has 1 aromatic rings. The predicted molar refractivity (Wildman–Crippen MR) is 75.4 cm³/mol. The van der Waals surface area contributed by atoms with Crippen LogP contribution in [0.3, 0.4) is 0 Å². The minimum Gasteiger partial charge on any atom is -0.444 e. The van der Waals surface area contributed by atoms with E-state index in [2.05, 4.69) is 51.8 Å². The van der Waals surface area contributed by atoms with Crippen molar-refractivity contribution < 1.29 is 4.42 Å². The van der Waals surface area contributed by atoms with E-state index in [9.17, 15) is 0 Å². The second-order valence-corrected chi connectivity index (χ2v) is 6.72. The molecule has 1 heterocycles. The molecule has 1 N–H and O–H groups in total. The number of nitrogens with zero attached hydrogens (tertiary/aromatic N) is 1. The summed E-state index contributed by atoms with van der Waals surface area (Å²) in [5.74, 6) is 3.03. The summed E-state index contributed by atoms with van der Waals surface area (Å²) in [5.41, 5.74) is 0.308. The Balaban J connectivity index is 2.43. The molecule has 18 heavy (non-hydrogen) atoms. The van der Waals surface area contributed by atoms with Gasteiger partial charge in [0.15, 0.2) is 0 Å². The maximum absolute atomic E-state index is 5.76. The van der Waals surface area contributed by atoms with Crippen molar-refractivity contribution in [1.29, 1.82) is 0 Å². The van der Waals surface area contributed by atoms with Crippen LogP contribution in [0.25, 0.3) is 0 Å². The van der Waals surface area contributed by atoms with Crippen LogP contribution in [0.5, 0.6) is 0 Å². The Bertz CT molecular complexity index is 350. The topological polar surface area (TPSA) is 38.1 Å². The van der Waals surface area contributed by atoms with E-state index in [0.717, 1.165) is 31.2 Å². The van der Waals surface area contributed by atoms with Gasteiger partial charge < -0.3 is 9.73 Å². The summed E-state index contributed by atoms with van der Waals surface area (Å²) in [6, 6.07) is 0. The number of rotatable bonds is 6. The molecule has 3 nitrogen and oxygen atoms in total. The van der Waals surface area contributed by atoms with E-state index in [1.165, 1.54) is 0 Å². The molecule has 0 spiro atoms. The van der Waals surface area contributed by atoms with Crippen LogP contribution in [0.15, 0.2) is 10.6 Å². The molecule has 0 fully saturated rings. The molecule has 1 aromatic heterocycles. The minimum atomic E-state index is 0.308. The zero-order chi connectivity index (χ0) is 13.8. The molecular formula is C15H28N2O. The highest BCUT2D eigenvalue weighted by Gasteiger charge is 2.21. The van der Waals surface area contributed by atoms with E-state index in [4.69, 9.17) is 4.42 Å². The lowest BCUT2D eigenvalue weighted by Gasteiger charge is -2.26. The molecule has 0 saturated carbocycles. The van der Waals surface area contributed by atoms with E-state index in [-0.39, 0.29) is 0 Å². The standard InChI is InChI=1S/C15H28N2O/c1-11(2)8-16-10-14-17-9-13(18-14)7-12(3)15(4,5)6/h9,11-12,16H,7-8,10H2,1-6H3. The maximum Gasteiger partial charge on any atom is 0.208 e. The minimum absolute atomic E-state index is 0.308. The molecule has 0 aromatic carbocycles. The Kier molecular flexibility index (Phi) is 5.39. The SMILES string of the molecule is CC(C)CNCc1ncc(CC(C)C(C)(C)C)o1. The van der Waals surface area contributed by atoms with Gasteiger partial charge in [-0.25, -0.2) is 4.98 Å². The van der Waals surface area contributed by atoms with E-state index < -0.39 is 0 Å². The third-order valence-electron chi connectivity index (χ3n) is 3.42. The Hall–Kier alpha value is -0.830. The van der Waals surface area contributed by atoms with Gasteiger partial charge in [0.25, 0.3) is 0 Å². The third kappa shape index (κ3) is 5.21. The van der Waals surface area contributed by atoms with Gasteiger partial charge >= 0.3 is 0 Å². The number of hydrogen-bond acceptors (Lipinski definition) is 3. The van der Waals surface area contributed by atoms with Crippen molar-refractivity contribution in [1.82, 2.24) is 10.3 Å². The van der Waals surface area contributed by atoms with Crippen LogP contribution in [0, 0.1) is 17.3 Å². The van der Waals surface area contributed by atoms with Crippen molar-refractivity contribution in [2.24, 2.45) is 17.3 Å². The zero-order valence-electron chi connectivity index (χ0n) is 12.7. The van der Waals surface area contributed by atoms with E-state index in [1.807, 2.05) is 6.20 Å². The molecule has 0 aliphatic rings. The molecule has 1 atom stereocenters. The summed E-state index contributed by atoms with van der Waals surface area (Å²) in [6.45, 7) is 15.2. The van der Waals surface area contributed by atoms with E-state index >= 15 is 0 Å². The lowest BCUT2D eigenvalue weighted by molar-refractivity contribution is 0.246. The Morgan fingerprint density at radius 2 is 1.94 bits per heavy atom. The maximum atomic E-state index is 5.76. The van der Waals surface area contributed by atoms with Crippen molar-refractivity contribution in [2.45, 2.75) is 54.5 Å². The van der Waals surface area contributed by atoms with Gasteiger partial charge in [0.1, 0.15) is 5.76 Å². The van der Waals surface area contributed by atoms with Crippen molar-refractivity contribution >= 4 is 0 Å². The summed E-state index contributed by atoms with van der Waals surface area (Å²) in [4.78, 5) is 4.32. The first kappa shape index (κ1) is 15.2. The molecule has 1 rings (SSSR count). The number of hydrogen-bond donors (Lipinski definition) is 1. The van der Waals surface area contributed by atoms with Crippen molar-refractivity contribution in [3.63, 3.8) is 0 Å². The smallest absolute Gasteiger partial charge is 0.208 e. The second kappa shape index (κ2) is 6.37. The summed E-state index contributed by atoms with van der Waals surface area (Å²) in [6.07, 6.45) is 2.83. The lowest BCUT2D eigenvalue weighted by Crippen LogP contribution is -2.19. The number of nitrogens with one attached hydrogen (secondary N) is 1. The molecule has 0 amide bonds. The van der Waals surface area contributed by atoms with Gasteiger partial charge in [-0.2, -0.15) is 0 Å². The first-order valence-corrected chi connectivity index (χ1v) is 6.93. The van der Waals surface area contributed by atoms with Crippen molar-refractivity contribution in [2.75, 3.05) is 6.54 Å². The monoisotopic (exact) mass is 252 g/mol. The van der Waals surface area contributed by atoms with Crippen LogP contribution in [-0.2, 0) is 13.0 Å². The molecule has 0 aliphatic heterocycles. The van der Waals surface area contributed by atoms with Crippen LogP contribution in [-0.4, -0.2) is 11.5 Å². The molecular weight excluding hydrogens is 224 g/mol. The summed E-state index contributed by atoms with van der Waals surface area (Å²) in [5, 5.41) is 3.34. The highest BCUT2D eigenvalue weighted by Crippen LogP contribution is 2.28. The van der Waals surface area contributed by atoms with Gasteiger partial charge in [-0.15, -0.1) is 0 Å². The molecule has 0 saturated heterocycles. The van der Waals surface area contributed by atoms with Gasteiger partial charge in [-0.05, 0) is 23.8 Å². The average molecular weight is 252 g/mol. The van der Waals surface area contributed by atoms with Gasteiger partial charge in [-0.3, -0.25) is 0 Å². The molecule has 3 heteroatoms. The summed E-state index contributed by atoms with van der Waals surface area (Å²) >= 11 is 0. The highest BCUT2D eigenvalue weighted by atomic mass is 16.4. The molecule has 104 valence electrons. The fraction of sp³-hybridized carbons (Fsp3) is 0.800. The van der Waals surface area contributed by atoms with Gasteiger partial charge in [-0.1, -0.05) is 41.5 Å². The quantitative estimate of drug-likeness (QED) is 0.840. The first-order chi connectivity index (χ1) is 8.29. The van der Waals surface area contributed by atoms with Gasteiger partial charge in [0.05, 0.1) is 12.7 Å². The Labute approximate surface area is 111 Å². The van der Waals surface area contributed by atoms with Gasteiger partial charge in [0.2, 0.25) is 5.89 Å². The molecule has 0 radical (unpaired) electrons. The normalized spacial score (nSPS) is 14.2. The largest absolute Gasteiger partial charge is 0.444 e. The van der Waals surface area contributed by atoms with Crippen LogP contribution >= 0.6 is 0 Å². The third-order valence-corrected chi connectivity index (χ3v) is 3.42. The predicted octanol–water partition coefficient (Wildman–Crippen LogP) is 3.64. The Morgan fingerprint density at radius 3 is 2.50 bits per heavy atom. The average Bonchev–Trinajstić information content (AvgIpc) is 2.63. The van der Waals surface area contributed by atoms with E-state index in [1.54, 1.807) is 0 Å². The number of oxazole rings is 1. The summed E-state index contributed by atoms with van der Waals surface area (Å²) in [7, 11) is 0. The van der Waals surface area contributed by atoms with Crippen LogP contribution in [0.1, 0.15) is 53.2 Å². The van der Waals surface area contributed by atoms with Crippen molar-refractivity contribution in [3.8, 4) is 0 Å². The van der Waals surface area contributed by atoms with Crippen LogP contribution < -0.4 is 5.32 Å². The van der Waals surface area contributed by atoms with E-state index in [0.29, 0.717) is 17.3 Å². The van der Waals surface area contributed by atoms with Crippen molar-refractivity contribution in [3.05, 3.63) is 17.8 Å². The first-order valence-electron chi connectivity index (χ1n) is 6.93. The lowest BCUT2D eigenvalue weighted by atomic mass is 9.80. The second-order valence-electron chi connectivity index (χ2n) is 6.72. The fourth-order valence-electron chi connectivity index (χ4n) is 1.60. The molecule has 0 aliphatic carbocycles. The molecule has 1 unspecified atom stereocenters. The van der Waals surface area contributed by atoms with Gasteiger partial charge in [0, 0.05) is 6.42 Å². The Morgan fingerprint density at radius 1 is 1.28 bits per heavy atom. The fourth-order valence-corrected chi connectivity index (χ4v) is 1.60. The highest BCUT2D eigenvalue weighted by molar-refractivity contribution is 4.96. The van der Waals surface area contributed by atoms with Crippen LogP contribution in [0.2, 0.25) is 0 Å². The zero-order valence-corrected chi connectivity index (χ0v) is 12.7. The number of aromatic nitrogens is 1. The van der Waals surface area contributed by atoms with Crippen LogP contribution in [0.4, 0.5) is 0 Å². The molecule has 0 bridgehead atoms.